The Balaban J connectivity index is 2.36. The Morgan fingerprint density at radius 2 is 1.41 bits per heavy atom. The molecule has 0 radical (unpaired) electrons. The van der Waals surface area contributed by atoms with E-state index in [1.165, 1.54) is 22.3 Å². The maximum Gasteiger partial charge on any atom is -0.0132 e. The van der Waals surface area contributed by atoms with Crippen LogP contribution in [0.15, 0.2) is 48.5 Å². The molecule has 17 heavy (non-hydrogen) atoms. The Bertz CT molecular complexity index is 498. The number of hydrogen-bond acceptors (Lipinski definition) is 0. The summed E-state index contributed by atoms with van der Waals surface area (Å²) in [6, 6.07) is 17.5. The van der Waals surface area contributed by atoms with Crippen LogP contribution in [0.5, 0.6) is 0 Å². The molecular weight excluding hydrogens is 204 g/mol. The van der Waals surface area contributed by atoms with E-state index in [1.54, 1.807) is 0 Å². The number of benzene rings is 2. The van der Waals surface area contributed by atoms with Crippen molar-refractivity contribution in [2.24, 2.45) is 0 Å². The molecule has 0 spiro atoms. The van der Waals surface area contributed by atoms with Gasteiger partial charge in [0.15, 0.2) is 0 Å². The summed E-state index contributed by atoms with van der Waals surface area (Å²) >= 11 is 0. The maximum atomic E-state index is 2.24. The van der Waals surface area contributed by atoms with E-state index < -0.39 is 0 Å². The minimum Gasteiger partial charge on any atom is -0.0614 e. The molecule has 0 nitrogen and oxygen atoms in total. The summed E-state index contributed by atoms with van der Waals surface area (Å²) in [6.45, 7) is 8.87. The fourth-order valence-electron chi connectivity index (χ4n) is 1.99. The second-order valence-electron chi connectivity index (χ2n) is 5.70. The molecule has 0 N–H and O–H groups in total. The highest BCUT2D eigenvalue weighted by molar-refractivity contribution is 5.64. The van der Waals surface area contributed by atoms with E-state index in [9.17, 15) is 0 Å². The standard InChI is InChI=1S/C17H20/c1-13-6-5-7-15(12-13)14-8-10-16(11-9-14)17(2,3)4/h5-12H,1-4H3. The van der Waals surface area contributed by atoms with Crippen molar-refractivity contribution in [3.05, 3.63) is 59.7 Å². The molecule has 2 rings (SSSR count). The molecular formula is C17H20. The predicted octanol–water partition coefficient (Wildman–Crippen LogP) is 4.96. The molecule has 0 unspecified atom stereocenters. The van der Waals surface area contributed by atoms with Crippen LogP contribution in [0.2, 0.25) is 0 Å². The van der Waals surface area contributed by atoms with Gasteiger partial charge >= 0.3 is 0 Å². The van der Waals surface area contributed by atoms with Gasteiger partial charge in [-0.3, -0.25) is 0 Å². The lowest BCUT2D eigenvalue weighted by atomic mass is 9.86. The van der Waals surface area contributed by atoms with Crippen LogP contribution in [0, 0.1) is 6.92 Å². The normalized spacial score (nSPS) is 11.5. The quantitative estimate of drug-likeness (QED) is 0.642. The van der Waals surface area contributed by atoms with E-state index in [0.717, 1.165) is 0 Å². The van der Waals surface area contributed by atoms with Crippen LogP contribution in [-0.2, 0) is 5.41 Å². The zero-order chi connectivity index (χ0) is 12.5. The van der Waals surface area contributed by atoms with E-state index >= 15 is 0 Å². The van der Waals surface area contributed by atoms with Crippen molar-refractivity contribution >= 4 is 0 Å². The van der Waals surface area contributed by atoms with Crippen LogP contribution in [0.1, 0.15) is 31.9 Å². The van der Waals surface area contributed by atoms with Crippen molar-refractivity contribution < 1.29 is 0 Å². The van der Waals surface area contributed by atoms with E-state index in [4.69, 9.17) is 0 Å². The van der Waals surface area contributed by atoms with Crippen molar-refractivity contribution in [1.29, 1.82) is 0 Å². The lowest BCUT2D eigenvalue weighted by Crippen LogP contribution is -2.10. The molecule has 0 aliphatic carbocycles. The van der Waals surface area contributed by atoms with Gasteiger partial charge in [-0.1, -0.05) is 74.9 Å². The zero-order valence-electron chi connectivity index (χ0n) is 11.1. The summed E-state index contributed by atoms with van der Waals surface area (Å²) in [6.07, 6.45) is 0. The molecule has 2 aromatic rings. The monoisotopic (exact) mass is 224 g/mol. The smallest absolute Gasteiger partial charge is 0.0132 e. The van der Waals surface area contributed by atoms with E-state index in [-0.39, 0.29) is 5.41 Å². The Morgan fingerprint density at radius 3 is 1.94 bits per heavy atom. The van der Waals surface area contributed by atoms with Crippen LogP contribution in [0.3, 0.4) is 0 Å². The molecule has 88 valence electrons. The van der Waals surface area contributed by atoms with Gasteiger partial charge in [0.25, 0.3) is 0 Å². The third-order valence-electron chi connectivity index (χ3n) is 3.10. The lowest BCUT2D eigenvalue weighted by molar-refractivity contribution is 0.590. The van der Waals surface area contributed by atoms with Crippen molar-refractivity contribution in [2.45, 2.75) is 33.1 Å². The summed E-state index contributed by atoms with van der Waals surface area (Å²) in [5.74, 6) is 0. The lowest BCUT2D eigenvalue weighted by Gasteiger charge is -2.19. The van der Waals surface area contributed by atoms with Gasteiger partial charge in [-0.2, -0.15) is 0 Å². The molecule has 0 bridgehead atoms. The van der Waals surface area contributed by atoms with Gasteiger partial charge in [-0.05, 0) is 29.0 Å². The first-order valence-electron chi connectivity index (χ1n) is 6.14. The van der Waals surface area contributed by atoms with E-state index in [1.807, 2.05) is 0 Å². The first-order valence-corrected chi connectivity index (χ1v) is 6.14. The topological polar surface area (TPSA) is 0 Å². The molecule has 0 heterocycles. The van der Waals surface area contributed by atoms with Gasteiger partial charge in [-0.25, -0.2) is 0 Å². The van der Waals surface area contributed by atoms with Crippen molar-refractivity contribution in [1.82, 2.24) is 0 Å². The van der Waals surface area contributed by atoms with Crippen LogP contribution < -0.4 is 0 Å². The molecule has 0 amide bonds. The zero-order valence-corrected chi connectivity index (χ0v) is 11.1. The molecule has 0 aliphatic rings. The molecule has 0 fully saturated rings. The van der Waals surface area contributed by atoms with Gasteiger partial charge in [-0.15, -0.1) is 0 Å². The highest BCUT2D eigenvalue weighted by Crippen LogP contribution is 2.26. The summed E-state index contributed by atoms with van der Waals surface area (Å²) in [7, 11) is 0. The maximum absolute atomic E-state index is 2.24. The highest BCUT2D eigenvalue weighted by atomic mass is 14.2. The Hall–Kier alpha value is -1.56. The van der Waals surface area contributed by atoms with Gasteiger partial charge in [0, 0.05) is 0 Å². The van der Waals surface area contributed by atoms with Crippen LogP contribution in [0.4, 0.5) is 0 Å². The largest absolute Gasteiger partial charge is 0.0614 e. The van der Waals surface area contributed by atoms with Gasteiger partial charge in [0.05, 0.1) is 0 Å². The molecule has 0 aromatic heterocycles. The number of aryl methyl sites for hydroxylation is 1. The van der Waals surface area contributed by atoms with Gasteiger partial charge in [0.2, 0.25) is 0 Å². The minimum absolute atomic E-state index is 0.227. The second-order valence-corrected chi connectivity index (χ2v) is 5.70. The Labute approximate surface area is 104 Å². The number of hydrogen-bond donors (Lipinski definition) is 0. The molecule has 0 atom stereocenters. The summed E-state index contributed by atoms with van der Waals surface area (Å²) in [5, 5.41) is 0. The molecule has 0 saturated carbocycles. The highest BCUT2D eigenvalue weighted by Gasteiger charge is 2.12. The predicted molar refractivity (Wildman–Crippen MR) is 75.3 cm³/mol. The minimum atomic E-state index is 0.227. The third-order valence-corrected chi connectivity index (χ3v) is 3.10. The third kappa shape index (κ3) is 2.76. The average molecular weight is 224 g/mol. The fraction of sp³-hybridized carbons (Fsp3) is 0.294. The van der Waals surface area contributed by atoms with Crippen LogP contribution in [0.25, 0.3) is 11.1 Å². The first kappa shape index (κ1) is 11.9. The van der Waals surface area contributed by atoms with Gasteiger partial charge in [0.1, 0.15) is 0 Å². The van der Waals surface area contributed by atoms with Crippen molar-refractivity contribution in [3.63, 3.8) is 0 Å². The Kier molecular flexibility index (Phi) is 3.06. The van der Waals surface area contributed by atoms with Crippen molar-refractivity contribution in [3.8, 4) is 11.1 Å². The fourth-order valence-corrected chi connectivity index (χ4v) is 1.99. The SMILES string of the molecule is Cc1cccc(-c2ccc(C(C)(C)C)cc2)c1. The number of rotatable bonds is 1. The summed E-state index contributed by atoms with van der Waals surface area (Å²) in [4.78, 5) is 0. The molecule has 0 saturated heterocycles. The van der Waals surface area contributed by atoms with E-state index in [2.05, 4.69) is 76.2 Å². The molecule has 0 heteroatoms. The first-order chi connectivity index (χ1) is 7.97. The molecule has 2 aromatic carbocycles. The van der Waals surface area contributed by atoms with E-state index in [0.29, 0.717) is 0 Å². The van der Waals surface area contributed by atoms with Crippen molar-refractivity contribution in [2.75, 3.05) is 0 Å². The second kappa shape index (κ2) is 4.37. The van der Waals surface area contributed by atoms with Gasteiger partial charge < -0.3 is 0 Å². The Morgan fingerprint density at radius 1 is 0.765 bits per heavy atom. The van der Waals surface area contributed by atoms with Crippen LogP contribution >= 0.6 is 0 Å². The average Bonchev–Trinajstić information content (AvgIpc) is 2.28. The molecule has 0 aliphatic heterocycles. The summed E-state index contributed by atoms with van der Waals surface area (Å²) < 4.78 is 0. The summed E-state index contributed by atoms with van der Waals surface area (Å²) in [5.41, 5.74) is 5.51. The van der Waals surface area contributed by atoms with Crippen LogP contribution in [-0.4, -0.2) is 0 Å².